The molecule has 1 aromatic heterocycles. The Labute approximate surface area is 112 Å². The van der Waals surface area contributed by atoms with Gasteiger partial charge in [0.15, 0.2) is 0 Å². The summed E-state index contributed by atoms with van der Waals surface area (Å²) in [4.78, 5) is 11.9. The molecule has 1 aromatic carbocycles. The number of furan rings is 1. The van der Waals surface area contributed by atoms with Crippen molar-refractivity contribution in [1.82, 2.24) is 5.32 Å². The van der Waals surface area contributed by atoms with E-state index in [2.05, 4.69) is 17.2 Å². The van der Waals surface area contributed by atoms with Gasteiger partial charge in [-0.15, -0.1) is 0 Å². The molecule has 3 heteroatoms. The standard InChI is InChI=1S/C16H15NO2/c1-12-11-15(13(2)19-12)16(18)17-10-6-9-14-7-4-3-5-8-14/h3-5,7-8,11H,10H2,1-2H3,(H,17,18). The largest absolute Gasteiger partial charge is 0.466 e. The molecule has 0 aliphatic heterocycles. The first-order valence-corrected chi connectivity index (χ1v) is 6.06. The first-order valence-electron chi connectivity index (χ1n) is 6.06. The SMILES string of the molecule is Cc1cc(C(=O)NCC#Cc2ccccc2)c(C)o1. The number of hydrogen-bond acceptors (Lipinski definition) is 2. The third-order valence-electron chi connectivity index (χ3n) is 2.63. The topological polar surface area (TPSA) is 42.2 Å². The van der Waals surface area contributed by atoms with Crippen molar-refractivity contribution in [3.63, 3.8) is 0 Å². The summed E-state index contributed by atoms with van der Waals surface area (Å²) in [7, 11) is 0. The molecule has 0 aliphatic rings. The molecule has 0 spiro atoms. The third kappa shape index (κ3) is 3.49. The van der Waals surface area contributed by atoms with Crippen LogP contribution in [0, 0.1) is 25.7 Å². The van der Waals surface area contributed by atoms with Gasteiger partial charge in [-0.1, -0.05) is 30.0 Å². The van der Waals surface area contributed by atoms with Gasteiger partial charge in [-0.2, -0.15) is 0 Å². The number of aryl methyl sites for hydroxylation is 2. The van der Waals surface area contributed by atoms with Crippen LogP contribution in [0.15, 0.2) is 40.8 Å². The number of benzene rings is 1. The van der Waals surface area contributed by atoms with E-state index < -0.39 is 0 Å². The van der Waals surface area contributed by atoms with Gasteiger partial charge < -0.3 is 9.73 Å². The summed E-state index contributed by atoms with van der Waals surface area (Å²) in [5, 5.41) is 2.75. The van der Waals surface area contributed by atoms with Gasteiger partial charge in [-0.25, -0.2) is 0 Å². The van der Waals surface area contributed by atoms with E-state index in [4.69, 9.17) is 4.42 Å². The van der Waals surface area contributed by atoms with Crippen molar-refractivity contribution in [3.05, 3.63) is 59.0 Å². The van der Waals surface area contributed by atoms with Crippen LogP contribution in [-0.4, -0.2) is 12.5 Å². The van der Waals surface area contributed by atoms with E-state index in [0.717, 1.165) is 11.3 Å². The van der Waals surface area contributed by atoms with Crippen molar-refractivity contribution in [1.29, 1.82) is 0 Å². The van der Waals surface area contributed by atoms with E-state index >= 15 is 0 Å². The van der Waals surface area contributed by atoms with Crippen LogP contribution < -0.4 is 5.32 Å². The minimum Gasteiger partial charge on any atom is -0.466 e. The molecule has 1 N–H and O–H groups in total. The van der Waals surface area contributed by atoms with Crippen LogP contribution in [0.2, 0.25) is 0 Å². The van der Waals surface area contributed by atoms with Gasteiger partial charge in [-0.3, -0.25) is 4.79 Å². The normalized spacial score (nSPS) is 9.58. The average molecular weight is 253 g/mol. The summed E-state index contributed by atoms with van der Waals surface area (Å²) < 4.78 is 5.31. The number of rotatable bonds is 2. The molecular weight excluding hydrogens is 238 g/mol. The molecule has 1 heterocycles. The van der Waals surface area contributed by atoms with Gasteiger partial charge in [0, 0.05) is 5.56 Å². The minimum absolute atomic E-state index is 0.156. The zero-order valence-corrected chi connectivity index (χ0v) is 11.0. The van der Waals surface area contributed by atoms with Crippen molar-refractivity contribution in [2.75, 3.05) is 6.54 Å². The molecule has 0 saturated heterocycles. The summed E-state index contributed by atoms with van der Waals surface area (Å²) in [6.45, 7) is 3.91. The predicted molar refractivity (Wildman–Crippen MR) is 73.8 cm³/mol. The van der Waals surface area contributed by atoms with Gasteiger partial charge in [-0.05, 0) is 32.0 Å². The van der Waals surface area contributed by atoms with E-state index in [0.29, 0.717) is 17.9 Å². The lowest BCUT2D eigenvalue weighted by Gasteiger charge is -1.98. The predicted octanol–water partition coefficient (Wildman–Crippen LogP) is 2.68. The fraction of sp³-hybridized carbons (Fsp3) is 0.188. The number of hydrogen-bond donors (Lipinski definition) is 1. The molecule has 2 rings (SSSR count). The summed E-state index contributed by atoms with van der Waals surface area (Å²) in [6.07, 6.45) is 0. The zero-order valence-electron chi connectivity index (χ0n) is 11.0. The molecule has 0 unspecified atom stereocenters. The Morgan fingerprint density at radius 3 is 2.63 bits per heavy atom. The molecule has 0 bridgehead atoms. The highest BCUT2D eigenvalue weighted by Crippen LogP contribution is 2.12. The van der Waals surface area contributed by atoms with Crippen LogP contribution in [0.25, 0.3) is 0 Å². The summed E-state index contributed by atoms with van der Waals surface area (Å²) >= 11 is 0. The molecule has 3 nitrogen and oxygen atoms in total. The van der Waals surface area contributed by atoms with E-state index in [1.807, 2.05) is 37.3 Å². The van der Waals surface area contributed by atoms with Crippen LogP contribution >= 0.6 is 0 Å². The lowest BCUT2D eigenvalue weighted by molar-refractivity contribution is 0.0957. The second kappa shape index (κ2) is 5.92. The first-order chi connectivity index (χ1) is 9.16. The van der Waals surface area contributed by atoms with Gasteiger partial charge in [0.05, 0.1) is 12.1 Å². The fourth-order valence-electron chi connectivity index (χ4n) is 1.74. The Balaban J connectivity index is 1.92. The molecule has 19 heavy (non-hydrogen) atoms. The Morgan fingerprint density at radius 1 is 1.26 bits per heavy atom. The minimum atomic E-state index is -0.156. The maximum atomic E-state index is 11.9. The highest BCUT2D eigenvalue weighted by Gasteiger charge is 2.11. The van der Waals surface area contributed by atoms with E-state index in [1.54, 1.807) is 13.0 Å². The Hall–Kier alpha value is -2.47. The molecule has 0 saturated carbocycles. The average Bonchev–Trinajstić information content (AvgIpc) is 2.75. The second-order valence-corrected chi connectivity index (χ2v) is 4.18. The number of amides is 1. The number of carbonyl (C=O) groups is 1. The molecule has 2 aromatic rings. The molecule has 0 aliphatic carbocycles. The Bertz CT molecular complexity index is 630. The summed E-state index contributed by atoms with van der Waals surface area (Å²) in [5.41, 5.74) is 1.51. The molecule has 1 amide bonds. The van der Waals surface area contributed by atoms with Crippen LogP contribution in [0.3, 0.4) is 0 Å². The van der Waals surface area contributed by atoms with E-state index in [1.165, 1.54) is 0 Å². The van der Waals surface area contributed by atoms with Crippen LogP contribution in [0.1, 0.15) is 27.4 Å². The van der Waals surface area contributed by atoms with Crippen molar-refractivity contribution in [2.45, 2.75) is 13.8 Å². The molecule has 96 valence electrons. The van der Waals surface area contributed by atoms with Crippen LogP contribution in [0.5, 0.6) is 0 Å². The first kappa shape index (κ1) is 13.0. The van der Waals surface area contributed by atoms with Gasteiger partial charge >= 0.3 is 0 Å². The number of nitrogens with one attached hydrogen (secondary N) is 1. The van der Waals surface area contributed by atoms with Crippen LogP contribution in [-0.2, 0) is 0 Å². The fourth-order valence-corrected chi connectivity index (χ4v) is 1.74. The monoisotopic (exact) mass is 253 g/mol. The third-order valence-corrected chi connectivity index (χ3v) is 2.63. The molecule has 0 radical (unpaired) electrons. The summed E-state index contributed by atoms with van der Waals surface area (Å²) in [5.74, 6) is 7.11. The Kier molecular flexibility index (Phi) is 4.04. The second-order valence-electron chi connectivity index (χ2n) is 4.18. The molecule has 0 fully saturated rings. The van der Waals surface area contributed by atoms with Gasteiger partial charge in [0.2, 0.25) is 0 Å². The quantitative estimate of drug-likeness (QED) is 0.836. The Morgan fingerprint density at radius 2 is 2.00 bits per heavy atom. The maximum absolute atomic E-state index is 11.9. The maximum Gasteiger partial charge on any atom is 0.255 e. The smallest absolute Gasteiger partial charge is 0.255 e. The highest BCUT2D eigenvalue weighted by atomic mass is 16.3. The lowest BCUT2D eigenvalue weighted by Crippen LogP contribution is -2.23. The molecule has 0 atom stereocenters. The van der Waals surface area contributed by atoms with Crippen molar-refractivity contribution >= 4 is 5.91 Å². The molecular formula is C16H15NO2. The highest BCUT2D eigenvalue weighted by molar-refractivity contribution is 5.95. The zero-order chi connectivity index (χ0) is 13.7. The summed E-state index contributed by atoms with van der Waals surface area (Å²) in [6, 6.07) is 11.4. The van der Waals surface area contributed by atoms with Crippen LogP contribution in [0.4, 0.5) is 0 Å². The van der Waals surface area contributed by atoms with Gasteiger partial charge in [0.25, 0.3) is 5.91 Å². The lowest BCUT2D eigenvalue weighted by atomic mass is 10.2. The van der Waals surface area contributed by atoms with Crippen molar-refractivity contribution < 1.29 is 9.21 Å². The van der Waals surface area contributed by atoms with Crippen molar-refractivity contribution in [2.24, 2.45) is 0 Å². The van der Waals surface area contributed by atoms with E-state index in [9.17, 15) is 4.79 Å². The van der Waals surface area contributed by atoms with Gasteiger partial charge in [0.1, 0.15) is 11.5 Å². The van der Waals surface area contributed by atoms with Crippen molar-refractivity contribution in [3.8, 4) is 11.8 Å². The van der Waals surface area contributed by atoms with E-state index in [-0.39, 0.29) is 5.91 Å². The number of carbonyl (C=O) groups excluding carboxylic acids is 1.